The van der Waals surface area contributed by atoms with Gasteiger partial charge >= 0.3 is 0 Å². The molecule has 1 nitrogen and oxygen atoms in total. The van der Waals surface area contributed by atoms with Crippen LogP contribution in [-0.4, -0.2) is 12.8 Å². The predicted molar refractivity (Wildman–Crippen MR) is 81.4 cm³/mol. The van der Waals surface area contributed by atoms with Gasteiger partial charge in [0.1, 0.15) is 0 Å². The Kier molecular flexibility index (Phi) is 6.13. The number of hydrogen-bond donors (Lipinski definition) is 0. The molecule has 0 saturated heterocycles. The van der Waals surface area contributed by atoms with Crippen LogP contribution in [0.4, 0.5) is 0 Å². The van der Waals surface area contributed by atoms with Gasteiger partial charge in [-0.05, 0) is 36.5 Å². The SMILES string of the molecule is C\C=C/C=C\C(=N\C)c1ccc(CC(C)C)cc1. The summed E-state index contributed by atoms with van der Waals surface area (Å²) in [5, 5.41) is 0. The molecular weight excluding hydrogens is 218 g/mol. The summed E-state index contributed by atoms with van der Waals surface area (Å²) < 4.78 is 0. The molecule has 0 fully saturated rings. The quantitative estimate of drug-likeness (QED) is 0.534. The molecule has 0 atom stereocenters. The lowest BCUT2D eigenvalue weighted by atomic mass is 10.0. The van der Waals surface area contributed by atoms with E-state index in [1.54, 1.807) is 0 Å². The maximum Gasteiger partial charge on any atom is 0.0643 e. The molecule has 0 saturated carbocycles. The summed E-state index contributed by atoms with van der Waals surface area (Å²) in [6, 6.07) is 8.70. The summed E-state index contributed by atoms with van der Waals surface area (Å²) in [6.07, 6.45) is 9.21. The Bertz CT molecular complexity index is 433. The normalized spacial score (nSPS) is 13.1. The lowest BCUT2D eigenvalue weighted by molar-refractivity contribution is 0.647. The third kappa shape index (κ3) is 4.70. The number of hydrogen-bond acceptors (Lipinski definition) is 1. The van der Waals surface area contributed by atoms with E-state index in [4.69, 9.17) is 0 Å². The summed E-state index contributed by atoms with van der Waals surface area (Å²) >= 11 is 0. The Morgan fingerprint density at radius 3 is 2.33 bits per heavy atom. The molecule has 0 aromatic heterocycles. The maximum absolute atomic E-state index is 4.32. The van der Waals surface area contributed by atoms with E-state index in [1.165, 1.54) is 11.1 Å². The third-order valence-electron chi connectivity index (χ3n) is 2.69. The molecule has 0 N–H and O–H groups in total. The highest BCUT2D eigenvalue weighted by Gasteiger charge is 2.00. The van der Waals surface area contributed by atoms with E-state index in [0.29, 0.717) is 5.92 Å². The summed E-state index contributed by atoms with van der Waals surface area (Å²) in [4.78, 5) is 4.32. The molecule has 0 aliphatic heterocycles. The topological polar surface area (TPSA) is 12.4 Å². The van der Waals surface area contributed by atoms with Crippen LogP contribution in [0.1, 0.15) is 31.9 Å². The highest BCUT2D eigenvalue weighted by atomic mass is 14.7. The Labute approximate surface area is 111 Å². The molecule has 0 amide bonds. The molecule has 0 unspecified atom stereocenters. The number of aliphatic imine (C=N–C) groups is 1. The molecular formula is C17H23N. The molecule has 0 aliphatic carbocycles. The fourth-order valence-electron chi connectivity index (χ4n) is 1.84. The van der Waals surface area contributed by atoms with Gasteiger partial charge in [0.25, 0.3) is 0 Å². The van der Waals surface area contributed by atoms with E-state index in [-0.39, 0.29) is 0 Å². The summed E-state index contributed by atoms with van der Waals surface area (Å²) in [5.41, 5.74) is 3.58. The van der Waals surface area contributed by atoms with Crippen LogP contribution in [0.3, 0.4) is 0 Å². The van der Waals surface area contributed by atoms with Crippen molar-refractivity contribution in [2.45, 2.75) is 27.2 Å². The van der Waals surface area contributed by atoms with Gasteiger partial charge in [-0.25, -0.2) is 0 Å². The molecule has 1 aromatic rings. The van der Waals surface area contributed by atoms with Crippen molar-refractivity contribution in [3.05, 3.63) is 59.7 Å². The zero-order valence-electron chi connectivity index (χ0n) is 11.9. The Morgan fingerprint density at radius 2 is 1.83 bits per heavy atom. The smallest absolute Gasteiger partial charge is 0.0643 e. The van der Waals surface area contributed by atoms with Gasteiger partial charge in [-0.15, -0.1) is 0 Å². The molecule has 1 aromatic carbocycles. The highest BCUT2D eigenvalue weighted by Crippen LogP contribution is 2.11. The minimum absolute atomic E-state index is 0.699. The van der Waals surface area contributed by atoms with E-state index < -0.39 is 0 Å². The van der Waals surface area contributed by atoms with Gasteiger partial charge < -0.3 is 0 Å². The number of nitrogens with zero attached hydrogens (tertiary/aromatic N) is 1. The Hall–Kier alpha value is -1.63. The van der Waals surface area contributed by atoms with Crippen LogP contribution >= 0.6 is 0 Å². The molecule has 18 heavy (non-hydrogen) atoms. The van der Waals surface area contributed by atoms with Crippen molar-refractivity contribution < 1.29 is 0 Å². The molecule has 0 radical (unpaired) electrons. The largest absolute Gasteiger partial charge is 0.288 e. The standard InChI is InChI=1S/C17H23N/c1-5-6-7-8-17(18-4)16-11-9-15(10-12-16)13-14(2)3/h5-12,14H,13H2,1-4H3/b6-5-,8-7-,18-17-. The Balaban J connectivity index is 2.82. The first-order valence-electron chi connectivity index (χ1n) is 6.52. The molecule has 0 aliphatic rings. The van der Waals surface area contributed by atoms with Gasteiger partial charge in [-0.2, -0.15) is 0 Å². The average Bonchev–Trinajstić information content (AvgIpc) is 2.35. The van der Waals surface area contributed by atoms with E-state index >= 15 is 0 Å². The van der Waals surface area contributed by atoms with Crippen LogP contribution < -0.4 is 0 Å². The first kappa shape index (κ1) is 14.4. The number of rotatable bonds is 5. The number of benzene rings is 1. The second kappa shape index (κ2) is 7.65. The second-order valence-corrected chi connectivity index (χ2v) is 4.79. The van der Waals surface area contributed by atoms with Crippen LogP contribution in [0.2, 0.25) is 0 Å². The van der Waals surface area contributed by atoms with Crippen LogP contribution in [0.5, 0.6) is 0 Å². The molecule has 1 heteroatoms. The summed E-state index contributed by atoms with van der Waals surface area (Å²) in [6.45, 7) is 6.49. The third-order valence-corrected chi connectivity index (χ3v) is 2.69. The first-order chi connectivity index (χ1) is 8.67. The highest BCUT2D eigenvalue weighted by molar-refractivity contribution is 6.08. The molecule has 1 rings (SSSR count). The van der Waals surface area contributed by atoms with Gasteiger partial charge in [0.2, 0.25) is 0 Å². The first-order valence-corrected chi connectivity index (χ1v) is 6.52. The fourth-order valence-corrected chi connectivity index (χ4v) is 1.84. The zero-order chi connectivity index (χ0) is 13.4. The minimum atomic E-state index is 0.699. The molecule has 96 valence electrons. The monoisotopic (exact) mass is 241 g/mol. The Morgan fingerprint density at radius 1 is 1.17 bits per heavy atom. The van der Waals surface area contributed by atoms with Crippen molar-refractivity contribution in [2.75, 3.05) is 7.05 Å². The van der Waals surface area contributed by atoms with Gasteiger partial charge in [-0.3, -0.25) is 4.99 Å². The average molecular weight is 241 g/mol. The van der Waals surface area contributed by atoms with Gasteiger partial charge in [0, 0.05) is 7.05 Å². The predicted octanol–water partition coefficient (Wildman–Crippen LogP) is 4.44. The van der Waals surface area contributed by atoms with Crippen LogP contribution in [0.25, 0.3) is 0 Å². The van der Waals surface area contributed by atoms with Crippen LogP contribution in [0.15, 0.2) is 53.6 Å². The van der Waals surface area contributed by atoms with Gasteiger partial charge in [0.05, 0.1) is 5.71 Å². The zero-order valence-corrected chi connectivity index (χ0v) is 11.9. The van der Waals surface area contributed by atoms with E-state index in [2.05, 4.69) is 43.1 Å². The summed E-state index contributed by atoms with van der Waals surface area (Å²) in [5.74, 6) is 0.699. The fraction of sp³-hybridized carbons (Fsp3) is 0.353. The minimum Gasteiger partial charge on any atom is -0.288 e. The van der Waals surface area contributed by atoms with E-state index in [0.717, 1.165) is 12.1 Å². The lowest BCUT2D eigenvalue weighted by Gasteiger charge is -2.06. The van der Waals surface area contributed by atoms with E-state index in [9.17, 15) is 0 Å². The van der Waals surface area contributed by atoms with E-state index in [1.807, 2.05) is 38.3 Å². The van der Waals surface area contributed by atoms with Gasteiger partial charge in [0.15, 0.2) is 0 Å². The van der Waals surface area contributed by atoms with Crippen LogP contribution in [0, 0.1) is 5.92 Å². The lowest BCUT2D eigenvalue weighted by Crippen LogP contribution is -1.98. The summed E-state index contributed by atoms with van der Waals surface area (Å²) in [7, 11) is 1.83. The molecule has 0 bridgehead atoms. The van der Waals surface area contributed by atoms with Crippen molar-refractivity contribution in [3.63, 3.8) is 0 Å². The van der Waals surface area contributed by atoms with Crippen molar-refractivity contribution >= 4 is 5.71 Å². The van der Waals surface area contributed by atoms with Crippen molar-refractivity contribution in [1.82, 2.24) is 0 Å². The van der Waals surface area contributed by atoms with Crippen molar-refractivity contribution in [2.24, 2.45) is 10.9 Å². The van der Waals surface area contributed by atoms with Crippen LogP contribution in [-0.2, 0) is 6.42 Å². The molecule has 0 spiro atoms. The number of allylic oxidation sites excluding steroid dienone is 4. The maximum atomic E-state index is 4.32. The molecule has 0 heterocycles. The van der Waals surface area contributed by atoms with Gasteiger partial charge in [-0.1, -0.05) is 56.3 Å². The van der Waals surface area contributed by atoms with Crippen molar-refractivity contribution in [1.29, 1.82) is 0 Å². The van der Waals surface area contributed by atoms with Crippen molar-refractivity contribution in [3.8, 4) is 0 Å². The second-order valence-electron chi connectivity index (χ2n) is 4.79.